The van der Waals surface area contributed by atoms with Gasteiger partial charge in [-0.1, -0.05) is 31.4 Å². The van der Waals surface area contributed by atoms with Crippen molar-refractivity contribution in [3.8, 4) is 0 Å². The molecule has 1 aliphatic carbocycles. The molecule has 100 valence electrons. The Hall–Kier alpha value is -0.730. The molecule has 0 amide bonds. The van der Waals surface area contributed by atoms with Crippen molar-refractivity contribution in [2.45, 2.75) is 38.6 Å². The van der Waals surface area contributed by atoms with Crippen LogP contribution in [0, 0.1) is 11.8 Å². The first-order chi connectivity index (χ1) is 8.69. The second-order valence-electron chi connectivity index (χ2n) is 5.51. The van der Waals surface area contributed by atoms with Crippen LogP contribution in [0.1, 0.15) is 32.6 Å². The summed E-state index contributed by atoms with van der Waals surface area (Å²) in [6.45, 7) is 3.04. The number of nitrogens with two attached hydrogens (primary N) is 1. The first-order valence-corrected chi connectivity index (χ1v) is 7.29. The zero-order valence-electron chi connectivity index (χ0n) is 11.0. The molecule has 2 nitrogen and oxygen atoms in total. The highest BCUT2D eigenvalue weighted by atomic mass is 35.5. The Labute approximate surface area is 115 Å². The molecule has 0 heterocycles. The van der Waals surface area contributed by atoms with E-state index in [0.717, 1.165) is 16.6 Å². The first-order valence-electron chi connectivity index (χ1n) is 6.91. The van der Waals surface area contributed by atoms with Crippen molar-refractivity contribution in [1.82, 2.24) is 0 Å². The van der Waals surface area contributed by atoms with Gasteiger partial charge in [-0.3, -0.25) is 0 Å². The summed E-state index contributed by atoms with van der Waals surface area (Å²) in [4.78, 5) is 0. The molecule has 0 aliphatic heterocycles. The van der Waals surface area contributed by atoms with Crippen LogP contribution in [-0.4, -0.2) is 12.6 Å². The number of anilines is 1. The molecule has 1 aromatic rings. The second-order valence-corrected chi connectivity index (χ2v) is 5.95. The Kier molecular flexibility index (Phi) is 4.90. The summed E-state index contributed by atoms with van der Waals surface area (Å²) in [6.07, 6.45) is 5.26. The predicted octanol–water partition coefficient (Wildman–Crippen LogP) is 3.91. The Morgan fingerprint density at radius 1 is 1.22 bits per heavy atom. The highest BCUT2D eigenvalue weighted by Crippen LogP contribution is 2.31. The first kappa shape index (κ1) is 13.7. The lowest BCUT2D eigenvalue weighted by Crippen LogP contribution is -2.38. The van der Waals surface area contributed by atoms with E-state index in [2.05, 4.69) is 12.2 Å². The third-order valence-corrected chi connectivity index (χ3v) is 4.33. The van der Waals surface area contributed by atoms with E-state index in [-0.39, 0.29) is 0 Å². The van der Waals surface area contributed by atoms with E-state index in [1.165, 1.54) is 25.7 Å². The van der Waals surface area contributed by atoms with Gasteiger partial charge in [0, 0.05) is 23.3 Å². The van der Waals surface area contributed by atoms with Gasteiger partial charge >= 0.3 is 0 Å². The molecule has 1 aromatic carbocycles. The van der Waals surface area contributed by atoms with Gasteiger partial charge in [0.15, 0.2) is 0 Å². The SMILES string of the molecule is CC1CCC(C(CN)Nc2ccc(Cl)cc2)CC1. The van der Waals surface area contributed by atoms with Crippen LogP contribution in [0.3, 0.4) is 0 Å². The van der Waals surface area contributed by atoms with E-state index in [4.69, 9.17) is 17.3 Å². The monoisotopic (exact) mass is 266 g/mol. The van der Waals surface area contributed by atoms with Gasteiger partial charge < -0.3 is 11.1 Å². The minimum Gasteiger partial charge on any atom is -0.381 e. The molecule has 3 heteroatoms. The van der Waals surface area contributed by atoms with Crippen molar-refractivity contribution in [3.05, 3.63) is 29.3 Å². The summed E-state index contributed by atoms with van der Waals surface area (Å²) in [6, 6.07) is 8.27. The Morgan fingerprint density at radius 2 is 1.83 bits per heavy atom. The summed E-state index contributed by atoms with van der Waals surface area (Å²) >= 11 is 5.89. The Balaban J connectivity index is 1.94. The van der Waals surface area contributed by atoms with E-state index in [0.29, 0.717) is 18.5 Å². The average molecular weight is 267 g/mol. The van der Waals surface area contributed by atoms with Crippen molar-refractivity contribution in [3.63, 3.8) is 0 Å². The van der Waals surface area contributed by atoms with Crippen LogP contribution in [0.4, 0.5) is 5.69 Å². The van der Waals surface area contributed by atoms with E-state index < -0.39 is 0 Å². The van der Waals surface area contributed by atoms with Crippen LogP contribution in [0.2, 0.25) is 5.02 Å². The third kappa shape index (κ3) is 3.63. The zero-order chi connectivity index (χ0) is 13.0. The Morgan fingerprint density at radius 3 is 2.39 bits per heavy atom. The van der Waals surface area contributed by atoms with E-state index >= 15 is 0 Å². The zero-order valence-corrected chi connectivity index (χ0v) is 11.8. The summed E-state index contributed by atoms with van der Waals surface area (Å²) in [5.74, 6) is 1.59. The smallest absolute Gasteiger partial charge is 0.0411 e. The summed E-state index contributed by atoms with van der Waals surface area (Å²) < 4.78 is 0. The van der Waals surface area contributed by atoms with Crippen LogP contribution in [0.15, 0.2) is 24.3 Å². The molecule has 0 bridgehead atoms. The average Bonchev–Trinajstić information content (AvgIpc) is 2.39. The van der Waals surface area contributed by atoms with Gasteiger partial charge in [0.05, 0.1) is 0 Å². The number of hydrogen-bond donors (Lipinski definition) is 2. The fourth-order valence-electron chi connectivity index (χ4n) is 2.82. The maximum atomic E-state index is 5.93. The third-order valence-electron chi connectivity index (χ3n) is 4.08. The molecule has 1 unspecified atom stereocenters. The van der Waals surface area contributed by atoms with Crippen LogP contribution in [0.5, 0.6) is 0 Å². The van der Waals surface area contributed by atoms with E-state index in [1.54, 1.807) is 0 Å². The minimum absolute atomic E-state index is 0.388. The fraction of sp³-hybridized carbons (Fsp3) is 0.600. The number of hydrogen-bond acceptors (Lipinski definition) is 2. The van der Waals surface area contributed by atoms with Crippen molar-refractivity contribution in [1.29, 1.82) is 0 Å². The van der Waals surface area contributed by atoms with Gasteiger partial charge in [0.2, 0.25) is 0 Å². The topological polar surface area (TPSA) is 38.0 Å². The second kappa shape index (κ2) is 6.44. The molecule has 3 N–H and O–H groups in total. The van der Waals surface area contributed by atoms with Gasteiger partial charge in [0.1, 0.15) is 0 Å². The van der Waals surface area contributed by atoms with Crippen LogP contribution >= 0.6 is 11.6 Å². The van der Waals surface area contributed by atoms with Crippen molar-refractivity contribution >= 4 is 17.3 Å². The lowest BCUT2D eigenvalue weighted by Gasteiger charge is -2.33. The van der Waals surface area contributed by atoms with Crippen LogP contribution in [0.25, 0.3) is 0 Å². The quantitative estimate of drug-likeness (QED) is 0.867. The number of halogens is 1. The Bertz CT molecular complexity index is 355. The largest absolute Gasteiger partial charge is 0.381 e. The highest BCUT2D eigenvalue weighted by molar-refractivity contribution is 6.30. The molecule has 18 heavy (non-hydrogen) atoms. The van der Waals surface area contributed by atoms with Gasteiger partial charge in [-0.15, -0.1) is 0 Å². The molecule has 2 rings (SSSR count). The summed E-state index contributed by atoms with van der Waals surface area (Å²) in [5.41, 5.74) is 7.05. The molecule has 1 fully saturated rings. The fourth-order valence-corrected chi connectivity index (χ4v) is 2.94. The van der Waals surface area contributed by atoms with Crippen LogP contribution < -0.4 is 11.1 Å². The lowest BCUT2D eigenvalue weighted by molar-refractivity contribution is 0.265. The molecule has 0 radical (unpaired) electrons. The standard InChI is InChI=1S/C15H23ClN2/c1-11-2-4-12(5-3-11)15(10-17)18-14-8-6-13(16)7-9-14/h6-9,11-12,15,18H,2-5,10,17H2,1H3. The van der Waals surface area contributed by atoms with Crippen LogP contribution in [-0.2, 0) is 0 Å². The van der Waals surface area contributed by atoms with Crippen molar-refractivity contribution in [2.75, 3.05) is 11.9 Å². The normalized spacial score (nSPS) is 25.7. The van der Waals surface area contributed by atoms with Gasteiger partial charge in [-0.25, -0.2) is 0 Å². The molecular formula is C15H23ClN2. The minimum atomic E-state index is 0.388. The summed E-state index contributed by atoms with van der Waals surface area (Å²) in [5, 5.41) is 4.33. The van der Waals surface area contributed by atoms with Gasteiger partial charge in [-0.2, -0.15) is 0 Å². The van der Waals surface area contributed by atoms with E-state index in [9.17, 15) is 0 Å². The lowest BCUT2D eigenvalue weighted by atomic mass is 9.79. The number of rotatable bonds is 4. The maximum Gasteiger partial charge on any atom is 0.0411 e. The molecule has 1 aliphatic rings. The summed E-state index contributed by atoms with van der Waals surface area (Å²) in [7, 11) is 0. The molecule has 0 saturated heterocycles. The molecule has 0 spiro atoms. The van der Waals surface area contributed by atoms with Gasteiger partial charge in [0.25, 0.3) is 0 Å². The van der Waals surface area contributed by atoms with Crippen molar-refractivity contribution < 1.29 is 0 Å². The molecule has 1 atom stereocenters. The van der Waals surface area contributed by atoms with Gasteiger partial charge in [-0.05, 0) is 48.9 Å². The molecule has 0 aromatic heterocycles. The molecule has 1 saturated carbocycles. The number of nitrogens with one attached hydrogen (secondary N) is 1. The molecular weight excluding hydrogens is 244 g/mol. The predicted molar refractivity (Wildman–Crippen MR) is 79.0 cm³/mol. The number of benzene rings is 1. The van der Waals surface area contributed by atoms with E-state index in [1.807, 2.05) is 24.3 Å². The van der Waals surface area contributed by atoms with Crippen molar-refractivity contribution in [2.24, 2.45) is 17.6 Å². The maximum absolute atomic E-state index is 5.93. The highest BCUT2D eigenvalue weighted by Gasteiger charge is 2.25.